The van der Waals surface area contributed by atoms with E-state index in [0.717, 1.165) is 34.7 Å². The molecule has 3 rings (SSSR count). The van der Waals surface area contributed by atoms with Gasteiger partial charge in [0.15, 0.2) is 0 Å². The second-order valence-electron chi connectivity index (χ2n) is 4.67. The van der Waals surface area contributed by atoms with E-state index >= 15 is 0 Å². The molecule has 0 radical (unpaired) electrons. The maximum atomic E-state index is 6.27. The Balaban J connectivity index is 2.21. The minimum absolute atomic E-state index is 0.192. The van der Waals surface area contributed by atoms with Crippen LogP contribution in [0.2, 0.25) is 5.02 Å². The zero-order valence-electron chi connectivity index (χ0n) is 9.65. The number of hydrogen-bond acceptors (Lipinski definition) is 2. The standard InChI is InChI=1S/C13H14ClN3/c1-17-12(9-4-2-3-5-11(9)14)10(8-16-17)13(15)6-7-13/h2-5,8H,6-7,15H2,1H3. The highest BCUT2D eigenvalue weighted by atomic mass is 35.5. The first kappa shape index (κ1) is 10.8. The summed E-state index contributed by atoms with van der Waals surface area (Å²) in [7, 11) is 1.92. The van der Waals surface area contributed by atoms with Crippen LogP contribution in [-0.4, -0.2) is 9.78 Å². The SMILES string of the molecule is Cn1ncc(C2(N)CC2)c1-c1ccccc1Cl. The number of aryl methyl sites for hydroxylation is 1. The topological polar surface area (TPSA) is 43.8 Å². The average molecular weight is 248 g/mol. The van der Waals surface area contributed by atoms with E-state index in [2.05, 4.69) is 5.10 Å². The van der Waals surface area contributed by atoms with Gasteiger partial charge >= 0.3 is 0 Å². The summed E-state index contributed by atoms with van der Waals surface area (Å²) in [4.78, 5) is 0. The van der Waals surface area contributed by atoms with Gasteiger partial charge in [-0.05, 0) is 18.9 Å². The van der Waals surface area contributed by atoms with Crippen molar-refractivity contribution in [3.8, 4) is 11.3 Å². The number of nitrogens with zero attached hydrogens (tertiary/aromatic N) is 2. The van der Waals surface area contributed by atoms with Crippen molar-refractivity contribution in [2.75, 3.05) is 0 Å². The van der Waals surface area contributed by atoms with Gasteiger partial charge in [0.1, 0.15) is 0 Å². The summed E-state index contributed by atoms with van der Waals surface area (Å²) in [5.41, 5.74) is 9.22. The zero-order chi connectivity index (χ0) is 12.0. The fourth-order valence-corrected chi connectivity index (χ4v) is 2.40. The molecule has 4 heteroatoms. The Hall–Kier alpha value is -1.32. The Labute approximate surface area is 105 Å². The molecule has 1 aromatic carbocycles. The molecule has 1 saturated carbocycles. The summed E-state index contributed by atoms with van der Waals surface area (Å²) in [5.74, 6) is 0. The van der Waals surface area contributed by atoms with Crippen LogP contribution in [0.5, 0.6) is 0 Å². The van der Waals surface area contributed by atoms with Crippen LogP contribution in [-0.2, 0) is 12.6 Å². The fourth-order valence-electron chi connectivity index (χ4n) is 2.18. The first-order chi connectivity index (χ1) is 8.12. The van der Waals surface area contributed by atoms with E-state index in [1.807, 2.05) is 42.2 Å². The average Bonchev–Trinajstić information content (AvgIpc) is 2.93. The lowest BCUT2D eigenvalue weighted by Gasteiger charge is -2.12. The van der Waals surface area contributed by atoms with Crippen LogP contribution in [0.25, 0.3) is 11.3 Å². The van der Waals surface area contributed by atoms with Crippen molar-refractivity contribution < 1.29 is 0 Å². The largest absolute Gasteiger partial charge is 0.321 e. The summed E-state index contributed by atoms with van der Waals surface area (Å²) in [6.07, 6.45) is 3.91. The van der Waals surface area contributed by atoms with E-state index in [1.54, 1.807) is 0 Å². The van der Waals surface area contributed by atoms with Gasteiger partial charge in [0.05, 0.1) is 11.9 Å². The van der Waals surface area contributed by atoms with Crippen LogP contribution in [0.4, 0.5) is 0 Å². The van der Waals surface area contributed by atoms with Gasteiger partial charge in [-0.25, -0.2) is 0 Å². The third-order valence-corrected chi connectivity index (χ3v) is 3.72. The molecule has 2 aromatic rings. The number of rotatable bonds is 2. The highest BCUT2D eigenvalue weighted by Gasteiger charge is 2.43. The molecular formula is C13H14ClN3. The molecule has 17 heavy (non-hydrogen) atoms. The molecular weight excluding hydrogens is 234 g/mol. The molecule has 1 aromatic heterocycles. The third kappa shape index (κ3) is 1.66. The van der Waals surface area contributed by atoms with Gasteiger partial charge < -0.3 is 5.73 Å². The van der Waals surface area contributed by atoms with E-state index < -0.39 is 0 Å². The highest BCUT2D eigenvalue weighted by Crippen LogP contribution is 2.47. The van der Waals surface area contributed by atoms with Gasteiger partial charge in [-0.15, -0.1) is 0 Å². The summed E-state index contributed by atoms with van der Waals surface area (Å²) < 4.78 is 1.85. The molecule has 3 nitrogen and oxygen atoms in total. The second-order valence-corrected chi connectivity index (χ2v) is 5.07. The lowest BCUT2D eigenvalue weighted by atomic mass is 10.0. The van der Waals surface area contributed by atoms with Gasteiger partial charge in [0, 0.05) is 28.7 Å². The van der Waals surface area contributed by atoms with Crippen LogP contribution in [0.1, 0.15) is 18.4 Å². The second kappa shape index (κ2) is 3.59. The monoisotopic (exact) mass is 247 g/mol. The predicted octanol–water partition coefficient (Wildman–Crippen LogP) is 2.69. The third-order valence-electron chi connectivity index (χ3n) is 3.39. The smallest absolute Gasteiger partial charge is 0.0744 e. The molecule has 0 atom stereocenters. The van der Waals surface area contributed by atoms with Gasteiger partial charge in [-0.1, -0.05) is 29.8 Å². The predicted molar refractivity (Wildman–Crippen MR) is 68.8 cm³/mol. The molecule has 0 spiro atoms. The zero-order valence-corrected chi connectivity index (χ0v) is 10.4. The molecule has 0 aliphatic heterocycles. The van der Waals surface area contributed by atoms with Crippen molar-refractivity contribution in [1.82, 2.24) is 9.78 Å². The van der Waals surface area contributed by atoms with Crippen LogP contribution >= 0.6 is 11.6 Å². The molecule has 0 unspecified atom stereocenters. The normalized spacial score (nSPS) is 17.1. The maximum Gasteiger partial charge on any atom is 0.0744 e. The summed E-state index contributed by atoms with van der Waals surface area (Å²) in [6.45, 7) is 0. The van der Waals surface area contributed by atoms with Crippen LogP contribution in [0.15, 0.2) is 30.5 Å². The van der Waals surface area contributed by atoms with E-state index in [4.69, 9.17) is 17.3 Å². The van der Waals surface area contributed by atoms with Crippen molar-refractivity contribution in [3.63, 3.8) is 0 Å². The molecule has 1 aliphatic rings. The molecule has 2 N–H and O–H groups in total. The molecule has 1 heterocycles. The summed E-state index contributed by atoms with van der Waals surface area (Å²) >= 11 is 6.25. The van der Waals surface area contributed by atoms with E-state index in [-0.39, 0.29) is 5.54 Å². The molecule has 0 bridgehead atoms. The number of hydrogen-bond donors (Lipinski definition) is 1. The molecule has 0 amide bonds. The minimum Gasteiger partial charge on any atom is -0.321 e. The molecule has 0 saturated heterocycles. The van der Waals surface area contributed by atoms with E-state index in [0.29, 0.717) is 0 Å². The number of benzene rings is 1. The molecule has 1 aliphatic carbocycles. The van der Waals surface area contributed by atoms with Crippen molar-refractivity contribution in [2.45, 2.75) is 18.4 Å². The first-order valence-electron chi connectivity index (χ1n) is 5.68. The van der Waals surface area contributed by atoms with Gasteiger partial charge in [0.25, 0.3) is 0 Å². The number of aromatic nitrogens is 2. The lowest BCUT2D eigenvalue weighted by Crippen LogP contribution is -2.19. The summed E-state index contributed by atoms with van der Waals surface area (Å²) in [5, 5.41) is 5.06. The Kier molecular flexibility index (Phi) is 2.28. The summed E-state index contributed by atoms with van der Waals surface area (Å²) in [6, 6.07) is 7.81. The van der Waals surface area contributed by atoms with Crippen molar-refractivity contribution in [1.29, 1.82) is 0 Å². The minimum atomic E-state index is -0.192. The fraction of sp³-hybridized carbons (Fsp3) is 0.308. The number of halogens is 1. The van der Waals surface area contributed by atoms with Gasteiger partial charge in [-0.2, -0.15) is 5.10 Å². The first-order valence-corrected chi connectivity index (χ1v) is 6.06. The van der Waals surface area contributed by atoms with Crippen LogP contribution < -0.4 is 5.73 Å². The van der Waals surface area contributed by atoms with Crippen molar-refractivity contribution >= 4 is 11.6 Å². The van der Waals surface area contributed by atoms with Crippen molar-refractivity contribution in [3.05, 3.63) is 41.0 Å². The molecule has 1 fully saturated rings. The Bertz CT molecular complexity index is 570. The van der Waals surface area contributed by atoms with E-state index in [1.165, 1.54) is 0 Å². The van der Waals surface area contributed by atoms with Crippen LogP contribution in [0.3, 0.4) is 0 Å². The Morgan fingerprint density at radius 3 is 2.71 bits per heavy atom. The lowest BCUT2D eigenvalue weighted by molar-refractivity contribution is 0.737. The molecule has 88 valence electrons. The van der Waals surface area contributed by atoms with Gasteiger partial charge in [-0.3, -0.25) is 4.68 Å². The Morgan fingerprint density at radius 2 is 2.06 bits per heavy atom. The quantitative estimate of drug-likeness (QED) is 0.887. The van der Waals surface area contributed by atoms with E-state index in [9.17, 15) is 0 Å². The van der Waals surface area contributed by atoms with Crippen LogP contribution in [0, 0.1) is 0 Å². The van der Waals surface area contributed by atoms with Crippen molar-refractivity contribution in [2.24, 2.45) is 12.8 Å². The maximum absolute atomic E-state index is 6.27. The Morgan fingerprint density at radius 1 is 1.35 bits per heavy atom. The highest BCUT2D eigenvalue weighted by molar-refractivity contribution is 6.33. The van der Waals surface area contributed by atoms with Gasteiger partial charge in [0.2, 0.25) is 0 Å². The number of nitrogens with two attached hydrogens (primary N) is 1.